The Bertz CT molecular complexity index is 1570. The molecule has 257 valence electrons. The number of benzene rings is 3. The molecule has 0 unspecified atom stereocenters. The molecule has 0 bridgehead atoms. The monoisotopic (exact) mass is 751 g/mol. The van der Waals surface area contributed by atoms with Crippen molar-refractivity contribution in [2.45, 2.75) is 118 Å². The van der Waals surface area contributed by atoms with E-state index in [4.69, 9.17) is 40.4 Å². The molecule has 0 saturated carbocycles. The molecule has 0 atom stereocenters. The fourth-order valence-electron chi connectivity index (χ4n) is 5.50. The Morgan fingerprint density at radius 3 is 1.48 bits per heavy atom. The summed E-state index contributed by atoms with van der Waals surface area (Å²) in [5.74, 6) is 0.750. The summed E-state index contributed by atoms with van der Waals surface area (Å²) < 4.78 is 4.44. The van der Waals surface area contributed by atoms with E-state index in [1.807, 2.05) is 0 Å². The van der Waals surface area contributed by atoms with Crippen molar-refractivity contribution in [1.82, 2.24) is 4.57 Å². The van der Waals surface area contributed by atoms with Crippen LogP contribution in [0.1, 0.15) is 116 Å². The van der Waals surface area contributed by atoms with Gasteiger partial charge in [-0.1, -0.05) is 107 Å². The Labute approximate surface area is 295 Å². The van der Waals surface area contributed by atoms with Crippen LogP contribution >= 0.6 is 40.4 Å². The number of rotatable bonds is 4. The molecule has 9 heteroatoms. The number of aromatic hydroxyl groups is 2. The first-order valence-electron chi connectivity index (χ1n) is 15.4. The number of halogens is 4. The maximum atomic E-state index is 11.5. The van der Waals surface area contributed by atoms with E-state index in [2.05, 4.69) is 147 Å². The summed E-state index contributed by atoms with van der Waals surface area (Å²) in [4.78, 5) is 0. The Kier molecular flexibility index (Phi) is 11.6. The summed E-state index contributed by atoms with van der Waals surface area (Å²) in [6.45, 7) is 27.3. The number of aromatic nitrogens is 2. The number of hydrogen-bond acceptors (Lipinski definition) is 2. The zero-order valence-corrected chi connectivity index (χ0v) is 33.4. The number of hydrogen-bond donors (Lipinski definition) is 2. The molecule has 4 rings (SSSR count). The van der Waals surface area contributed by atoms with E-state index in [0.29, 0.717) is 24.6 Å². The SMILES string of the molecule is CC(C)(C)c1cc(Cn2c[n+](Cc3cc(C(C)(C)C)cc(C(C)(C)C)c3O)c3ccccc32)c(O)c(C(C)(C)C)c1.[Cl][Fe-]([Cl])([Cl])[Cl]. The second-order valence-corrected chi connectivity index (χ2v) is 27.2. The van der Waals surface area contributed by atoms with Gasteiger partial charge in [-0.05, 0) is 68.2 Å². The average Bonchev–Trinajstić information content (AvgIpc) is 3.19. The second kappa shape index (κ2) is 13.7. The normalized spacial score (nSPS) is 13.5. The molecule has 0 fully saturated rings. The molecule has 0 aliphatic carbocycles. The first-order chi connectivity index (χ1) is 20.7. The van der Waals surface area contributed by atoms with E-state index in [9.17, 15) is 10.2 Å². The zero-order valence-electron chi connectivity index (χ0n) is 29.3. The van der Waals surface area contributed by atoms with E-state index in [1.54, 1.807) is 0 Å². The third kappa shape index (κ3) is 9.97. The molecule has 1 aromatic heterocycles. The Hall–Kier alpha value is -1.59. The molecule has 46 heavy (non-hydrogen) atoms. The molecule has 0 amide bonds. The summed E-state index contributed by atoms with van der Waals surface area (Å²) in [5.41, 5.74) is 7.97. The van der Waals surface area contributed by atoms with Crippen molar-refractivity contribution < 1.29 is 24.0 Å². The van der Waals surface area contributed by atoms with Crippen LogP contribution in [0.25, 0.3) is 11.0 Å². The molecule has 0 aliphatic rings. The number of phenolic OH excluding ortho intramolecular Hbond substituents is 2. The predicted octanol–water partition coefficient (Wildman–Crippen LogP) is 11.4. The molecule has 4 nitrogen and oxygen atoms in total. The van der Waals surface area contributed by atoms with Gasteiger partial charge in [0.2, 0.25) is 6.33 Å². The molecule has 1 heterocycles. The van der Waals surface area contributed by atoms with Crippen LogP contribution in [0.3, 0.4) is 0 Å². The summed E-state index contributed by atoms with van der Waals surface area (Å²) in [7, 11) is 17.2. The van der Waals surface area contributed by atoms with E-state index < -0.39 is 9.20 Å². The third-order valence-corrected chi connectivity index (χ3v) is 8.19. The van der Waals surface area contributed by atoms with Crippen molar-refractivity contribution in [2.75, 3.05) is 0 Å². The summed E-state index contributed by atoms with van der Waals surface area (Å²) in [6, 6.07) is 17.1. The van der Waals surface area contributed by atoms with Crippen molar-refractivity contribution >= 4 is 51.4 Å². The van der Waals surface area contributed by atoms with Gasteiger partial charge in [0.05, 0.1) is 0 Å². The first-order valence-corrected chi connectivity index (χ1v) is 21.5. The van der Waals surface area contributed by atoms with Crippen molar-refractivity contribution in [2.24, 2.45) is 0 Å². The van der Waals surface area contributed by atoms with Crippen molar-refractivity contribution in [1.29, 1.82) is 0 Å². The van der Waals surface area contributed by atoms with Crippen LogP contribution in [-0.4, -0.2) is 14.8 Å². The standard InChI is InChI=1S/C37H50N2O2.4ClH.Fe/c1-34(2,3)26-17-24(32(40)28(19-26)36(7,8)9)21-38-23-39(31-16-14-13-15-30(31)38)22-25-18-27(35(4,5)6)20-29(33(25)41)37(10,11)12;;;;;/h13-20,23H,21-22H2,1-12H3,(H-,40,41);4*1H;/q;;;;;+3/p-3. The van der Waals surface area contributed by atoms with Gasteiger partial charge in [-0.15, -0.1) is 0 Å². The van der Waals surface area contributed by atoms with Crippen LogP contribution in [0.15, 0.2) is 54.9 Å². The number of imidazole rings is 1. The number of nitrogens with zero attached hydrogens (tertiary/aromatic N) is 2. The maximum absolute atomic E-state index is 11.5. The van der Waals surface area contributed by atoms with Gasteiger partial charge in [0.1, 0.15) is 24.6 Å². The van der Waals surface area contributed by atoms with Crippen LogP contribution in [0.4, 0.5) is 0 Å². The van der Waals surface area contributed by atoms with Crippen molar-refractivity contribution in [3.63, 3.8) is 0 Å². The minimum atomic E-state index is -2.61. The molecule has 3 aromatic carbocycles. The minimum absolute atomic E-state index is 0.0402. The molecule has 0 radical (unpaired) electrons. The molecule has 0 saturated heterocycles. The fourth-order valence-corrected chi connectivity index (χ4v) is 5.50. The van der Waals surface area contributed by atoms with Crippen LogP contribution in [-0.2, 0) is 43.9 Å². The number of fused-ring (bicyclic) bond motifs is 1. The first kappa shape index (κ1) is 38.9. The van der Waals surface area contributed by atoms with Crippen molar-refractivity contribution in [3.05, 3.63) is 88.2 Å². The van der Waals surface area contributed by atoms with Gasteiger partial charge in [-0.2, -0.15) is 0 Å². The average molecular weight is 753 g/mol. The topological polar surface area (TPSA) is 49.3 Å². The molecular formula is C37H51Cl4FeN2O2. The van der Waals surface area contributed by atoms with Gasteiger partial charge in [0.25, 0.3) is 0 Å². The molecular weight excluding hydrogens is 702 g/mol. The summed E-state index contributed by atoms with van der Waals surface area (Å²) in [6.07, 6.45) is 2.13. The van der Waals surface area contributed by atoms with Crippen LogP contribution in [0.5, 0.6) is 11.5 Å². The zero-order chi connectivity index (χ0) is 35.2. The van der Waals surface area contributed by atoms with Gasteiger partial charge in [0.15, 0.2) is 11.0 Å². The predicted molar refractivity (Wildman–Crippen MR) is 195 cm³/mol. The summed E-state index contributed by atoms with van der Waals surface area (Å²) in [5, 5.41) is 23.0. The van der Waals surface area contributed by atoms with Crippen molar-refractivity contribution in [3.8, 4) is 11.5 Å². The molecule has 0 spiro atoms. The second-order valence-electron chi connectivity index (χ2n) is 16.2. The van der Waals surface area contributed by atoms with Gasteiger partial charge >= 0.3 is 49.6 Å². The Morgan fingerprint density at radius 2 is 1.04 bits per heavy atom. The number of phenols is 2. The number of para-hydroxylation sites is 2. The van der Waals surface area contributed by atoms with E-state index >= 15 is 0 Å². The third-order valence-electron chi connectivity index (χ3n) is 8.19. The van der Waals surface area contributed by atoms with Crippen LogP contribution < -0.4 is 4.57 Å². The van der Waals surface area contributed by atoms with E-state index in [-0.39, 0.29) is 21.7 Å². The quantitative estimate of drug-likeness (QED) is 0.161. The Balaban J connectivity index is 0.00000107. The Morgan fingerprint density at radius 1 is 0.630 bits per heavy atom. The van der Waals surface area contributed by atoms with Gasteiger partial charge < -0.3 is 10.2 Å². The summed E-state index contributed by atoms with van der Waals surface area (Å²) >= 11 is 0. The van der Waals surface area contributed by atoms with Gasteiger partial charge in [-0.25, -0.2) is 9.13 Å². The fraction of sp³-hybridized carbons (Fsp3) is 0.486. The van der Waals surface area contributed by atoms with E-state index in [0.717, 1.165) is 33.3 Å². The van der Waals surface area contributed by atoms with E-state index in [1.165, 1.54) is 11.1 Å². The van der Waals surface area contributed by atoms with Gasteiger partial charge in [-0.3, -0.25) is 0 Å². The molecule has 2 N–H and O–H groups in total. The molecule has 0 aliphatic heterocycles. The van der Waals surface area contributed by atoms with Crippen LogP contribution in [0, 0.1) is 0 Å². The molecule has 4 aromatic rings. The van der Waals surface area contributed by atoms with Crippen LogP contribution in [0.2, 0.25) is 0 Å². The van der Waals surface area contributed by atoms with Gasteiger partial charge in [0, 0.05) is 11.1 Å².